The normalized spacial score (nSPS) is 10.7. The standard InChI is InChI=1S/C9H8N2O4/c12-8(13)7(9(14)15)5-11-6-2-1-3-10-4-6/h1-5,7H,(H,12,13)(H,14,15)/b11-5+. The molecule has 0 atom stereocenters. The van der Waals surface area contributed by atoms with Crippen LogP contribution in [0.4, 0.5) is 5.69 Å². The van der Waals surface area contributed by atoms with Crippen molar-refractivity contribution in [3.05, 3.63) is 24.5 Å². The number of carboxylic acid groups (broad SMARTS) is 2. The summed E-state index contributed by atoms with van der Waals surface area (Å²) in [5.74, 6) is -4.53. The molecule has 1 aromatic heterocycles. The van der Waals surface area contributed by atoms with Gasteiger partial charge in [0, 0.05) is 12.4 Å². The summed E-state index contributed by atoms with van der Waals surface area (Å²) in [5.41, 5.74) is 0.407. The number of hydrogen-bond donors (Lipinski definition) is 2. The highest BCUT2D eigenvalue weighted by Gasteiger charge is 2.23. The number of aliphatic carboxylic acids is 2. The zero-order valence-electron chi connectivity index (χ0n) is 7.57. The van der Waals surface area contributed by atoms with Crippen molar-refractivity contribution in [3.63, 3.8) is 0 Å². The first-order valence-electron chi connectivity index (χ1n) is 4.01. The van der Waals surface area contributed by atoms with Gasteiger partial charge in [0.1, 0.15) is 0 Å². The highest BCUT2D eigenvalue weighted by Crippen LogP contribution is 2.07. The molecular formula is C9H8N2O4. The Hall–Kier alpha value is -2.24. The maximum Gasteiger partial charge on any atom is 0.323 e. The van der Waals surface area contributed by atoms with Crippen molar-refractivity contribution < 1.29 is 19.8 Å². The molecule has 0 aromatic carbocycles. The maximum atomic E-state index is 10.5. The second-order valence-corrected chi connectivity index (χ2v) is 2.64. The van der Waals surface area contributed by atoms with Crippen LogP contribution in [0.3, 0.4) is 0 Å². The van der Waals surface area contributed by atoms with Crippen molar-refractivity contribution in [2.75, 3.05) is 0 Å². The Morgan fingerprint density at radius 2 is 2.07 bits per heavy atom. The molecule has 0 aliphatic heterocycles. The van der Waals surface area contributed by atoms with E-state index in [1.807, 2.05) is 0 Å². The second kappa shape index (κ2) is 4.85. The van der Waals surface area contributed by atoms with Crippen molar-refractivity contribution in [2.45, 2.75) is 0 Å². The third-order valence-corrected chi connectivity index (χ3v) is 1.55. The molecule has 0 aliphatic carbocycles. The van der Waals surface area contributed by atoms with Crippen LogP contribution in [-0.2, 0) is 9.59 Å². The van der Waals surface area contributed by atoms with Crippen molar-refractivity contribution in [1.82, 2.24) is 4.98 Å². The maximum absolute atomic E-state index is 10.5. The van der Waals surface area contributed by atoms with Crippen LogP contribution in [0, 0.1) is 5.92 Å². The monoisotopic (exact) mass is 208 g/mol. The molecule has 0 radical (unpaired) electrons. The van der Waals surface area contributed by atoms with E-state index in [1.54, 1.807) is 12.1 Å². The van der Waals surface area contributed by atoms with Crippen molar-refractivity contribution in [3.8, 4) is 0 Å². The van der Waals surface area contributed by atoms with Crippen LogP contribution in [0.5, 0.6) is 0 Å². The number of nitrogens with zero attached hydrogens (tertiary/aromatic N) is 2. The van der Waals surface area contributed by atoms with E-state index in [-0.39, 0.29) is 0 Å². The Morgan fingerprint density at radius 3 is 2.53 bits per heavy atom. The molecule has 2 N–H and O–H groups in total. The van der Waals surface area contributed by atoms with Crippen molar-refractivity contribution in [1.29, 1.82) is 0 Å². The lowest BCUT2D eigenvalue weighted by Crippen LogP contribution is -2.24. The molecule has 6 heteroatoms. The molecular weight excluding hydrogens is 200 g/mol. The molecule has 1 heterocycles. The summed E-state index contributed by atoms with van der Waals surface area (Å²) in [4.78, 5) is 28.4. The van der Waals surface area contributed by atoms with Gasteiger partial charge in [0.15, 0.2) is 5.92 Å². The van der Waals surface area contributed by atoms with Gasteiger partial charge in [-0.1, -0.05) is 0 Å². The summed E-state index contributed by atoms with van der Waals surface area (Å²) >= 11 is 0. The SMILES string of the molecule is O=C(O)C(/C=N/c1cccnc1)C(=O)O. The molecule has 1 rings (SSSR count). The number of pyridine rings is 1. The Kier molecular flexibility index (Phi) is 3.50. The first kappa shape index (κ1) is 10.8. The third kappa shape index (κ3) is 3.18. The Bertz CT molecular complexity index is 374. The molecule has 0 bridgehead atoms. The average molecular weight is 208 g/mol. The van der Waals surface area contributed by atoms with Gasteiger partial charge < -0.3 is 10.2 Å². The Morgan fingerprint density at radius 1 is 1.40 bits per heavy atom. The van der Waals surface area contributed by atoms with Crippen molar-refractivity contribution in [2.24, 2.45) is 10.9 Å². The molecule has 1 aromatic rings. The van der Waals surface area contributed by atoms with Crippen LogP contribution in [-0.4, -0.2) is 33.4 Å². The molecule has 78 valence electrons. The van der Waals surface area contributed by atoms with Crippen LogP contribution in [0.15, 0.2) is 29.5 Å². The molecule has 0 saturated heterocycles. The smallest absolute Gasteiger partial charge is 0.323 e. The summed E-state index contributed by atoms with van der Waals surface area (Å²) < 4.78 is 0. The summed E-state index contributed by atoms with van der Waals surface area (Å²) in [5, 5.41) is 17.1. The highest BCUT2D eigenvalue weighted by atomic mass is 16.4. The fourth-order valence-electron chi connectivity index (χ4n) is 0.824. The van der Waals surface area contributed by atoms with E-state index >= 15 is 0 Å². The minimum Gasteiger partial charge on any atom is -0.480 e. The number of carboxylic acids is 2. The lowest BCUT2D eigenvalue weighted by Gasteiger charge is -1.99. The Balaban J connectivity index is 2.79. The van der Waals surface area contributed by atoms with Gasteiger partial charge in [-0.2, -0.15) is 0 Å². The van der Waals surface area contributed by atoms with Gasteiger partial charge in [-0.15, -0.1) is 0 Å². The van der Waals surface area contributed by atoms with E-state index < -0.39 is 17.9 Å². The van der Waals surface area contributed by atoms with Crippen LogP contribution < -0.4 is 0 Å². The van der Waals surface area contributed by atoms with E-state index in [4.69, 9.17) is 10.2 Å². The van der Waals surface area contributed by atoms with E-state index in [0.717, 1.165) is 6.21 Å². The molecule has 0 unspecified atom stereocenters. The van der Waals surface area contributed by atoms with Crippen LogP contribution in [0.25, 0.3) is 0 Å². The lowest BCUT2D eigenvalue weighted by atomic mass is 10.2. The fourth-order valence-corrected chi connectivity index (χ4v) is 0.824. The Labute approximate surface area is 84.9 Å². The number of rotatable bonds is 4. The zero-order valence-corrected chi connectivity index (χ0v) is 7.57. The zero-order chi connectivity index (χ0) is 11.3. The highest BCUT2D eigenvalue weighted by molar-refractivity contribution is 6.08. The predicted octanol–water partition coefficient (Wildman–Crippen LogP) is 0.569. The molecule has 0 amide bonds. The lowest BCUT2D eigenvalue weighted by molar-refractivity contribution is -0.150. The second-order valence-electron chi connectivity index (χ2n) is 2.64. The largest absolute Gasteiger partial charge is 0.480 e. The molecule has 6 nitrogen and oxygen atoms in total. The van der Waals surface area contributed by atoms with Gasteiger partial charge in [-0.25, -0.2) is 0 Å². The fraction of sp³-hybridized carbons (Fsp3) is 0.111. The molecule has 0 spiro atoms. The van der Waals surface area contributed by atoms with E-state index in [9.17, 15) is 9.59 Å². The summed E-state index contributed by atoms with van der Waals surface area (Å²) in [7, 11) is 0. The van der Waals surface area contributed by atoms with E-state index in [1.165, 1.54) is 12.4 Å². The van der Waals surface area contributed by atoms with Gasteiger partial charge in [0.2, 0.25) is 0 Å². The topological polar surface area (TPSA) is 99.9 Å². The molecule has 0 fully saturated rings. The number of aromatic nitrogens is 1. The van der Waals surface area contributed by atoms with Crippen LogP contribution in [0.1, 0.15) is 0 Å². The number of hydrogen-bond acceptors (Lipinski definition) is 4. The first-order valence-corrected chi connectivity index (χ1v) is 4.01. The van der Waals surface area contributed by atoms with Gasteiger partial charge in [-0.3, -0.25) is 19.6 Å². The van der Waals surface area contributed by atoms with Crippen LogP contribution in [0.2, 0.25) is 0 Å². The average Bonchev–Trinajstić information content (AvgIpc) is 2.18. The van der Waals surface area contributed by atoms with Crippen molar-refractivity contribution >= 4 is 23.8 Å². The third-order valence-electron chi connectivity index (χ3n) is 1.55. The molecule has 15 heavy (non-hydrogen) atoms. The van der Waals surface area contributed by atoms with Gasteiger partial charge >= 0.3 is 11.9 Å². The number of carbonyl (C=O) groups is 2. The predicted molar refractivity (Wildman–Crippen MR) is 51.2 cm³/mol. The first-order chi connectivity index (χ1) is 7.11. The molecule has 0 saturated carbocycles. The quantitative estimate of drug-likeness (QED) is 0.556. The summed E-state index contributed by atoms with van der Waals surface area (Å²) in [6.07, 6.45) is 3.80. The van der Waals surface area contributed by atoms with Crippen LogP contribution >= 0.6 is 0 Å². The molecule has 0 aliphatic rings. The van der Waals surface area contributed by atoms with Gasteiger partial charge in [0.05, 0.1) is 11.9 Å². The minimum atomic E-state index is -1.63. The summed E-state index contributed by atoms with van der Waals surface area (Å²) in [6.45, 7) is 0. The summed E-state index contributed by atoms with van der Waals surface area (Å²) in [6, 6.07) is 3.20. The van der Waals surface area contributed by atoms with E-state index in [2.05, 4.69) is 9.98 Å². The van der Waals surface area contributed by atoms with E-state index in [0.29, 0.717) is 5.69 Å². The minimum absolute atomic E-state index is 0.407. The number of aliphatic imine (C=N–C) groups is 1. The van der Waals surface area contributed by atoms with Gasteiger partial charge in [0.25, 0.3) is 0 Å². The van der Waals surface area contributed by atoms with Gasteiger partial charge in [-0.05, 0) is 12.1 Å².